The number of halogens is 2. The summed E-state index contributed by atoms with van der Waals surface area (Å²) in [6.07, 6.45) is 2.96. The van der Waals surface area contributed by atoms with Crippen molar-refractivity contribution in [3.63, 3.8) is 0 Å². The van der Waals surface area contributed by atoms with E-state index in [1.807, 2.05) is 0 Å². The van der Waals surface area contributed by atoms with Gasteiger partial charge in [-0.25, -0.2) is 26.9 Å². The summed E-state index contributed by atoms with van der Waals surface area (Å²) >= 11 is 0. The van der Waals surface area contributed by atoms with Crippen LogP contribution >= 0.6 is 0 Å². The van der Waals surface area contributed by atoms with Crippen LogP contribution in [0.15, 0.2) is 60.0 Å². The second-order valence-electron chi connectivity index (χ2n) is 5.70. The second kappa shape index (κ2) is 6.93. The molecule has 0 aliphatic carbocycles. The Labute approximate surface area is 149 Å². The van der Waals surface area contributed by atoms with Crippen molar-refractivity contribution in [3.05, 3.63) is 72.3 Å². The van der Waals surface area contributed by atoms with Crippen molar-refractivity contribution in [1.29, 1.82) is 0 Å². The number of nitrogens with zero attached hydrogens (tertiary/aromatic N) is 4. The van der Waals surface area contributed by atoms with Gasteiger partial charge < -0.3 is 0 Å². The van der Waals surface area contributed by atoms with E-state index in [9.17, 15) is 17.2 Å². The van der Waals surface area contributed by atoms with Crippen LogP contribution in [0.5, 0.6) is 0 Å². The van der Waals surface area contributed by atoms with E-state index >= 15 is 0 Å². The van der Waals surface area contributed by atoms with Gasteiger partial charge in [0.1, 0.15) is 29.2 Å². The molecule has 3 aromatic rings. The Bertz CT molecular complexity index is 1010. The summed E-state index contributed by atoms with van der Waals surface area (Å²) in [7, 11) is -2.77. The fourth-order valence-corrected chi connectivity index (χ4v) is 3.90. The summed E-state index contributed by atoms with van der Waals surface area (Å²) in [5.41, 5.74) is 1.48. The molecule has 26 heavy (non-hydrogen) atoms. The second-order valence-corrected chi connectivity index (χ2v) is 7.67. The number of rotatable bonds is 5. The minimum Gasteiger partial charge on any atom is -0.223 e. The van der Waals surface area contributed by atoms with E-state index in [4.69, 9.17) is 0 Å². The Morgan fingerprint density at radius 2 is 1.81 bits per heavy atom. The van der Waals surface area contributed by atoms with Crippen molar-refractivity contribution in [2.45, 2.75) is 17.9 Å². The number of sulfonamides is 1. The Kier molecular flexibility index (Phi) is 4.84. The van der Waals surface area contributed by atoms with E-state index in [2.05, 4.69) is 10.1 Å². The lowest BCUT2D eigenvalue weighted by molar-refractivity contribution is 0.395. The molecule has 0 radical (unpaired) electrons. The molecule has 6 nitrogen and oxygen atoms in total. The molecule has 0 aliphatic heterocycles. The van der Waals surface area contributed by atoms with Crippen molar-refractivity contribution in [2.24, 2.45) is 0 Å². The van der Waals surface area contributed by atoms with Crippen LogP contribution in [0, 0.1) is 11.6 Å². The lowest BCUT2D eigenvalue weighted by atomic mass is 10.1. The third-order valence-electron chi connectivity index (χ3n) is 4.16. The summed E-state index contributed by atoms with van der Waals surface area (Å²) in [6.45, 7) is 1.68. The third-order valence-corrected chi connectivity index (χ3v) is 6.12. The Hall–Kier alpha value is -2.65. The highest BCUT2D eigenvalue weighted by molar-refractivity contribution is 7.89. The Balaban J connectivity index is 1.87. The minimum atomic E-state index is -4.12. The SMILES string of the molecule is CC(c1ccc(-n2cncn2)cc1)N(C)S(=O)(=O)c1ccc(F)cc1F. The maximum absolute atomic E-state index is 13.9. The van der Waals surface area contributed by atoms with Gasteiger partial charge in [0, 0.05) is 19.2 Å². The van der Waals surface area contributed by atoms with Crippen LogP contribution in [0.4, 0.5) is 8.78 Å². The predicted octanol–water partition coefficient (Wildman–Crippen LogP) is 2.93. The number of benzene rings is 2. The largest absolute Gasteiger partial charge is 0.246 e. The van der Waals surface area contributed by atoms with E-state index in [0.717, 1.165) is 22.1 Å². The molecule has 9 heteroatoms. The van der Waals surface area contributed by atoms with Gasteiger partial charge in [-0.1, -0.05) is 12.1 Å². The standard InChI is InChI=1S/C17H16F2N4O2S/c1-12(13-3-6-15(7-4-13)23-11-20-10-21-23)22(2)26(24,25)17-8-5-14(18)9-16(17)19/h3-12H,1-2H3. The average Bonchev–Trinajstić information content (AvgIpc) is 3.15. The molecule has 0 fully saturated rings. The zero-order chi connectivity index (χ0) is 18.9. The first-order valence-corrected chi connectivity index (χ1v) is 9.13. The summed E-state index contributed by atoms with van der Waals surface area (Å²) in [5, 5.41) is 4.02. The van der Waals surface area contributed by atoms with Gasteiger partial charge in [0.25, 0.3) is 0 Å². The van der Waals surface area contributed by atoms with E-state index in [1.165, 1.54) is 13.4 Å². The molecular weight excluding hydrogens is 362 g/mol. The molecule has 1 unspecified atom stereocenters. The maximum Gasteiger partial charge on any atom is 0.246 e. The highest BCUT2D eigenvalue weighted by Gasteiger charge is 2.29. The number of aromatic nitrogens is 3. The van der Waals surface area contributed by atoms with Gasteiger partial charge in [0.2, 0.25) is 10.0 Å². The van der Waals surface area contributed by atoms with Gasteiger partial charge in [0.05, 0.1) is 5.69 Å². The van der Waals surface area contributed by atoms with Crippen LogP contribution in [0.1, 0.15) is 18.5 Å². The van der Waals surface area contributed by atoms with E-state index in [0.29, 0.717) is 11.6 Å². The first-order valence-electron chi connectivity index (χ1n) is 7.69. The van der Waals surface area contributed by atoms with Gasteiger partial charge in [-0.05, 0) is 36.8 Å². The Morgan fingerprint density at radius 1 is 1.12 bits per heavy atom. The smallest absolute Gasteiger partial charge is 0.223 e. The molecule has 3 rings (SSSR count). The number of hydrogen-bond donors (Lipinski definition) is 0. The fourth-order valence-electron chi connectivity index (χ4n) is 2.50. The Morgan fingerprint density at radius 3 is 2.38 bits per heavy atom. The topological polar surface area (TPSA) is 68.1 Å². The molecule has 1 atom stereocenters. The summed E-state index contributed by atoms with van der Waals surface area (Å²) < 4.78 is 54.9. The quantitative estimate of drug-likeness (QED) is 0.685. The van der Waals surface area contributed by atoms with Crippen molar-refractivity contribution in [2.75, 3.05) is 7.05 Å². The van der Waals surface area contributed by atoms with Crippen molar-refractivity contribution >= 4 is 10.0 Å². The van der Waals surface area contributed by atoms with Crippen molar-refractivity contribution in [1.82, 2.24) is 19.1 Å². The molecule has 0 amide bonds. The van der Waals surface area contributed by atoms with Crippen LogP contribution < -0.4 is 0 Å². The van der Waals surface area contributed by atoms with Crippen LogP contribution in [-0.2, 0) is 10.0 Å². The molecule has 0 spiro atoms. The number of hydrogen-bond acceptors (Lipinski definition) is 4. The lowest BCUT2D eigenvalue weighted by Crippen LogP contribution is -2.30. The fraction of sp³-hybridized carbons (Fsp3) is 0.176. The van der Waals surface area contributed by atoms with Gasteiger partial charge in [-0.15, -0.1) is 0 Å². The van der Waals surface area contributed by atoms with Crippen LogP contribution in [0.25, 0.3) is 5.69 Å². The molecular formula is C17H16F2N4O2S. The molecule has 0 saturated heterocycles. The van der Waals surface area contributed by atoms with Crippen LogP contribution in [0.3, 0.4) is 0 Å². The molecule has 0 saturated carbocycles. The normalized spacial score (nSPS) is 13.1. The van der Waals surface area contributed by atoms with Gasteiger partial charge in [-0.3, -0.25) is 0 Å². The van der Waals surface area contributed by atoms with E-state index in [-0.39, 0.29) is 0 Å². The molecule has 1 heterocycles. The lowest BCUT2D eigenvalue weighted by Gasteiger charge is -2.25. The molecule has 0 N–H and O–H groups in total. The summed E-state index contributed by atoms with van der Waals surface area (Å²) in [5.74, 6) is -1.95. The molecule has 1 aromatic heterocycles. The monoisotopic (exact) mass is 378 g/mol. The average molecular weight is 378 g/mol. The van der Waals surface area contributed by atoms with Crippen LogP contribution in [0.2, 0.25) is 0 Å². The molecule has 136 valence electrons. The highest BCUT2D eigenvalue weighted by atomic mass is 32.2. The molecule has 0 aliphatic rings. The zero-order valence-corrected chi connectivity index (χ0v) is 14.9. The maximum atomic E-state index is 13.9. The minimum absolute atomic E-state index is 0.554. The van der Waals surface area contributed by atoms with E-state index < -0.39 is 32.6 Å². The molecule has 0 bridgehead atoms. The summed E-state index contributed by atoms with van der Waals surface area (Å²) in [4.78, 5) is 3.30. The first kappa shape index (κ1) is 18.2. The van der Waals surface area contributed by atoms with Gasteiger partial charge in [0.15, 0.2) is 0 Å². The zero-order valence-electron chi connectivity index (χ0n) is 14.0. The highest BCUT2D eigenvalue weighted by Crippen LogP contribution is 2.27. The van der Waals surface area contributed by atoms with E-state index in [1.54, 1.807) is 42.2 Å². The first-order chi connectivity index (χ1) is 12.3. The van der Waals surface area contributed by atoms with Gasteiger partial charge >= 0.3 is 0 Å². The van der Waals surface area contributed by atoms with Crippen molar-refractivity contribution in [3.8, 4) is 5.69 Å². The van der Waals surface area contributed by atoms with Crippen LogP contribution in [-0.4, -0.2) is 34.5 Å². The predicted molar refractivity (Wildman–Crippen MR) is 91.1 cm³/mol. The third kappa shape index (κ3) is 3.35. The van der Waals surface area contributed by atoms with Gasteiger partial charge in [-0.2, -0.15) is 9.40 Å². The molecule has 2 aromatic carbocycles. The van der Waals surface area contributed by atoms with Crippen molar-refractivity contribution < 1.29 is 17.2 Å². The summed E-state index contributed by atoms with van der Waals surface area (Å²) in [6, 6.07) is 8.91.